The lowest BCUT2D eigenvalue weighted by atomic mass is 10.1. The molecule has 4 aromatic rings. The van der Waals surface area contributed by atoms with E-state index >= 15 is 0 Å². The van der Waals surface area contributed by atoms with Crippen LogP contribution in [0.3, 0.4) is 0 Å². The zero-order valence-electron chi connectivity index (χ0n) is 18.2. The number of para-hydroxylation sites is 2. The molecule has 2 aromatic heterocycles. The van der Waals surface area contributed by atoms with Gasteiger partial charge in [-0.05, 0) is 43.5 Å². The smallest absolute Gasteiger partial charge is 0.266 e. The molecule has 0 saturated heterocycles. The lowest BCUT2D eigenvalue weighted by Gasteiger charge is -2.21. The van der Waals surface area contributed by atoms with E-state index in [1.807, 2.05) is 32.0 Å². The number of anilines is 2. The summed E-state index contributed by atoms with van der Waals surface area (Å²) in [6.07, 6.45) is 1.22. The fourth-order valence-corrected chi connectivity index (χ4v) is 4.52. The quantitative estimate of drug-likeness (QED) is 0.512. The van der Waals surface area contributed by atoms with Crippen LogP contribution in [-0.4, -0.2) is 27.0 Å². The monoisotopic (exact) mass is 427 g/mol. The summed E-state index contributed by atoms with van der Waals surface area (Å²) in [4.78, 5) is 31.5. The predicted octanol–water partition coefficient (Wildman–Crippen LogP) is 3.38. The Labute approximate surface area is 185 Å². The summed E-state index contributed by atoms with van der Waals surface area (Å²) in [5.74, 6) is -0.110. The second-order valence-electron chi connectivity index (χ2n) is 8.26. The third-order valence-electron chi connectivity index (χ3n) is 6.18. The van der Waals surface area contributed by atoms with Crippen LogP contribution in [0.25, 0.3) is 5.65 Å². The number of H-pyrrole nitrogens is 1. The third-order valence-corrected chi connectivity index (χ3v) is 6.18. The van der Waals surface area contributed by atoms with Gasteiger partial charge in [0.2, 0.25) is 5.91 Å². The number of benzene rings is 2. The lowest BCUT2D eigenvalue weighted by Crippen LogP contribution is -2.22. The number of nitrogens with one attached hydrogen (secondary N) is 2. The minimum Gasteiger partial charge on any atom is -0.367 e. The summed E-state index contributed by atoms with van der Waals surface area (Å²) in [6, 6.07) is 17.9. The van der Waals surface area contributed by atoms with Gasteiger partial charge in [0.05, 0.1) is 6.42 Å². The van der Waals surface area contributed by atoms with Crippen LogP contribution in [0.2, 0.25) is 0 Å². The zero-order chi connectivity index (χ0) is 22.2. The van der Waals surface area contributed by atoms with Crippen LogP contribution in [0.15, 0.2) is 59.4 Å². The van der Waals surface area contributed by atoms with Crippen molar-refractivity contribution in [3.05, 3.63) is 93.0 Å². The molecule has 0 unspecified atom stereocenters. The van der Waals surface area contributed by atoms with E-state index in [-0.39, 0.29) is 17.9 Å². The van der Waals surface area contributed by atoms with Crippen molar-refractivity contribution in [1.29, 1.82) is 0 Å². The van der Waals surface area contributed by atoms with E-state index in [0.29, 0.717) is 5.65 Å². The molecular weight excluding hydrogens is 402 g/mol. The van der Waals surface area contributed by atoms with E-state index in [1.165, 1.54) is 17.3 Å². The molecule has 1 aliphatic heterocycles. The van der Waals surface area contributed by atoms with Crippen LogP contribution in [-0.2, 0) is 24.2 Å². The Morgan fingerprint density at radius 1 is 1.12 bits per heavy atom. The number of hydrogen-bond donors (Lipinski definition) is 2. The number of amides is 1. The summed E-state index contributed by atoms with van der Waals surface area (Å²) >= 11 is 0. The first-order valence-corrected chi connectivity index (χ1v) is 10.8. The minimum atomic E-state index is -0.209. The maximum absolute atomic E-state index is 13.0. The van der Waals surface area contributed by atoms with Gasteiger partial charge in [-0.2, -0.15) is 0 Å². The highest BCUT2D eigenvalue weighted by atomic mass is 16.1. The Morgan fingerprint density at radius 3 is 2.78 bits per heavy atom. The molecule has 1 amide bonds. The molecule has 0 aliphatic carbocycles. The van der Waals surface area contributed by atoms with E-state index in [1.54, 1.807) is 4.52 Å². The number of aromatic nitrogens is 3. The third kappa shape index (κ3) is 3.66. The van der Waals surface area contributed by atoms with Crippen molar-refractivity contribution in [3.8, 4) is 0 Å². The molecule has 3 heterocycles. The highest BCUT2D eigenvalue weighted by Gasteiger charge is 2.20. The van der Waals surface area contributed by atoms with Gasteiger partial charge in [-0.25, -0.2) is 9.50 Å². The van der Waals surface area contributed by atoms with Crippen molar-refractivity contribution in [1.82, 2.24) is 14.6 Å². The van der Waals surface area contributed by atoms with Crippen molar-refractivity contribution in [2.24, 2.45) is 0 Å². The Morgan fingerprint density at radius 2 is 1.91 bits per heavy atom. The molecule has 7 heteroatoms. The Kier molecular flexibility index (Phi) is 5.01. The van der Waals surface area contributed by atoms with Crippen molar-refractivity contribution >= 4 is 22.9 Å². The predicted molar refractivity (Wildman–Crippen MR) is 125 cm³/mol. The fraction of sp³-hybridized carbons (Fsp3) is 0.240. The van der Waals surface area contributed by atoms with E-state index in [0.717, 1.165) is 47.7 Å². The molecule has 32 heavy (non-hydrogen) atoms. The first kappa shape index (κ1) is 20.1. The molecular formula is C25H25N5O2. The van der Waals surface area contributed by atoms with Gasteiger partial charge in [-0.3, -0.25) is 14.7 Å². The molecule has 0 bridgehead atoms. The number of rotatable bonds is 5. The topological polar surface area (TPSA) is 82.5 Å². The Balaban J connectivity index is 1.36. The zero-order valence-corrected chi connectivity index (χ0v) is 18.2. The van der Waals surface area contributed by atoms with Gasteiger partial charge in [-0.1, -0.05) is 36.4 Å². The number of nitrogens with zero attached hydrogens (tertiary/aromatic N) is 3. The molecule has 0 saturated carbocycles. The SMILES string of the molecule is Cc1nc2cc(=O)[nH]n2c(C)c1CC(=O)Nc1ccccc1CN1CCc2ccccc21. The van der Waals surface area contributed by atoms with Gasteiger partial charge >= 0.3 is 0 Å². The Bertz CT molecular complexity index is 1380. The van der Waals surface area contributed by atoms with E-state index in [4.69, 9.17) is 0 Å². The number of carbonyl (C=O) groups excluding carboxylic acids is 1. The molecule has 0 spiro atoms. The van der Waals surface area contributed by atoms with Gasteiger partial charge in [-0.15, -0.1) is 0 Å². The number of aryl methyl sites for hydroxylation is 2. The molecule has 0 atom stereocenters. The summed E-state index contributed by atoms with van der Waals surface area (Å²) in [7, 11) is 0. The second kappa shape index (κ2) is 8.00. The molecule has 1 aliphatic rings. The summed E-state index contributed by atoms with van der Waals surface area (Å²) in [5.41, 5.74) is 7.25. The van der Waals surface area contributed by atoms with Crippen LogP contribution < -0.4 is 15.8 Å². The minimum absolute atomic E-state index is 0.110. The van der Waals surface area contributed by atoms with Crippen molar-refractivity contribution in [2.75, 3.05) is 16.8 Å². The molecule has 0 radical (unpaired) electrons. The maximum atomic E-state index is 13.0. The molecule has 2 aromatic carbocycles. The average Bonchev–Trinajstić information content (AvgIpc) is 3.35. The van der Waals surface area contributed by atoms with Gasteiger partial charge < -0.3 is 10.2 Å². The first-order valence-electron chi connectivity index (χ1n) is 10.8. The molecule has 5 rings (SSSR count). The van der Waals surface area contributed by atoms with Gasteiger partial charge in [0.15, 0.2) is 5.65 Å². The molecule has 162 valence electrons. The first-order chi connectivity index (χ1) is 15.5. The van der Waals surface area contributed by atoms with Gasteiger partial charge in [0, 0.05) is 47.5 Å². The summed E-state index contributed by atoms with van der Waals surface area (Å²) in [5, 5.41) is 5.83. The van der Waals surface area contributed by atoms with Crippen molar-refractivity contribution in [2.45, 2.75) is 33.2 Å². The van der Waals surface area contributed by atoms with Gasteiger partial charge in [0.1, 0.15) is 0 Å². The highest BCUT2D eigenvalue weighted by molar-refractivity contribution is 5.93. The van der Waals surface area contributed by atoms with Crippen molar-refractivity contribution < 1.29 is 4.79 Å². The summed E-state index contributed by atoms with van der Waals surface area (Å²) < 4.78 is 1.64. The second-order valence-corrected chi connectivity index (χ2v) is 8.26. The standard InChI is InChI=1S/C25H25N5O2/c1-16-20(17(2)30-23(26-16)14-25(32)28-30)13-24(31)27-21-9-5-3-8-19(21)15-29-12-11-18-7-4-6-10-22(18)29/h3-10,14H,11-13,15H2,1-2H3,(H,27,31)(H,28,32). The number of fused-ring (bicyclic) bond motifs is 2. The Hall–Kier alpha value is -3.87. The van der Waals surface area contributed by atoms with E-state index < -0.39 is 0 Å². The fourth-order valence-electron chi connectivity index (χ4n) is 4.52. The normalized spacial score (nSPS) is 12.9. The van der Waals surface area contributed by atoms with Gasteiger partial charge in [0.25, 0.3) is 5.56 Å². The van der Waals surface area contributed by atoms with Crippen LogP contribution in [0.1, 0.15) is 28.1 Å². The van der Waals surface area contributed by atoms with Crippen LogP contribution in [0.5, 0.6) is 0 Å². The number of carbonyl (C=O) groups is 1. The molecule has 7 nitrogen and oxygen atoms in total. The average molecular weight is 428 g/mol. The number of aromatic amines is 1. The number of hydrogen-bond acceptors (Lipinski definition) is 4. The van der Waals surface area contributed by atoms with Crippen molar-refractivity contribution in [3.63, 3.8) is 0 Å². The highest BCUT2D eigenvalue weighted by Crippen LogP contribution is 2.30. The maximum Gasteiger partial charge on any atom is 0.266 e. The molecule has 0 fully saturated rings. The van der Waals surface area contributed by atoms with Crippen LogP contribution in [0, 0.1) is 13.8 Å². The van der Waals surface area contributed by atoms with E-state index in [2.05, 4.69) is 50.6 Å². The molecule has 2 N–H and O–H groups in total. The van der Waals surface area contributed by atoms with E-state index in [9.17, 15) is 9.59 Å². The van der Waals surface area contributed by atoms with Crippen LogP contribution in [0.4, 0.5) is 11.4 Å². The largest absolute Gasteiger partial charge is 0.367 e. The lowest BCUT2D eigenvalue weighted by molar-refractivity contribution is -0.115. The summed E-state index contributed by atoms with van der Waals surface area (Å²) in [6.45, 7) is 5.47. The van der Waals surface area contributed by atoms with Crippen LogP contribution >= 0.6 is 0 Å².